The molecule has 6 N–H and O–H groups in total. The standard InChI is InChI=1S/C9H14N6O2S/c10-1-4-18-9-12-5-6(15(9)2-3-16)13-8(11)14-7(5)17/h16H,1-4,10H2,(H3,11,13,14,17). The van der Waals surface area contributed by atoms with Gasteiger partial charge in [0.15, 0.2) is 16.3 Å². The van der Waals surface area contributed by atoms with E-state index in [0.717, 1.165) is 0 Å². The molecule has 8 nitrogen and oxygen atoms in total. The van der Waals surface area contributed by atoms with E-state index in [1.807, 2.05) is 0 Å². The first-order chi connectivity index (χ1) is 8.67. The van der Waals surface area contributed by atoms with Crippen LogP contribution in [0.3, 0.4) is 0 Å². The third-order valence-electron chi connectivity index (χ3n) is 2.26. The number of aliphatic hydroxyl groups is 1. The summed E-state index contributed by atoms with van der Waals surface area (Å²) in [6, 6.07) is 0. The first kappa shape index (κ1) is 12.9. The molecule has 2 aromatic rings. The van der Waals surface area contributed by atoms with Gasteiger partial charge in [-0.1, -0.05) is 11.8 Å². The third kappa shape index (κ3) is 2.33. The van der Waals surface area contributed by atoms with Crippen LogP contribution in [0.5, 0.6) is 0 Å². The van der Waals surface area contributed by atoms with Gasteiger partial charge in [0, 0.05) is 18.8 Å². The van der Waals surface area contributed by atoms with Crippen LogP contribution in [-0.2, 0) is 6.54 Å². The van der Waals surface area contributed by atoms with Gasteiger partial charge in [-0.3, -0.25) is 9.78 Å². The van der Waals surface area contributed by atoms with Gasteiger partial charge in [-0.2, -0.15) is 4.98 Å². The van der Waals surface area contributed by atoms with E-state index < -0.39 is 0 Å². The van der Waals surface area contributed by atoms with Crippen LogP contribution in [0.2, 0.25) is 0 Å². The zero-order chi connectivity index (χ0) is 13.1. The van der Waals surface area contributed by atoms with Crippen molar-refractivity contribution in [3.63, 3.8) is 0 Å². The normalized spacial score (nSPS) is 11.2. The maximum Gasteiger partial charge on any atom is 0.280 e. The molecule has 0 amide bonds. The molecule has 0 atom stereocenters. The molecule has 0 aliphatic carbocycles. The Morgan fingerprint density at radius 3 is 2.89 bits per heavy atom. The van der Waals surface area contributed by atoms with Gasteiger partial charge in [-0.05, 0) is 0 Å². The summed E-state index contributed by atoms with van der Waals surface area (Å²) in [4.78, 5) is 22.3. The molecule has 0 bridgehead atoms. The number of aromatic nitrogens is 4. The molecule has 2 aromatic heterocycles. The van der Waals surface area contributed by atoms with Crippen molar-refractivity contribution in [1.82, 2.24) is 19.5 Å². The zero-order valence-corrected chi connectivity index (χ0v) is 10.4. The molecular weight excluding hydrogens is 256 g/mol. The maximum atomic E-state index is 11.7. The lowest BCUT2D eigenvalue weighted by Crippen LogP contribution is -2.13. The Morgan fingerprint density at radius 1 is 1.44 bits per heavy atom. The summed E-state index contributed by atoms with van der Waals surface area (Å²) in [5.41, 5.74) is 11.2. The van der Waals surface area contributed by atoms with Crippen molar-refractivity contribution in [2.45, 2.75) is 11.7 Å². The molecule has 0 radical (unpaired) electrons. The van der Waals surface area contributed by atoms with E-state index in [-0.39, 0.29) is 23.6 Å². The first-order valence-corrected chi connectivity index (χ1v) is 6.35. The fraction of sp³-hybridized carbons (Fsp3) is 0.444. The number of rotatable bonds is 5. The Morgan fingerprint density at radius 2 is 2.22 bits per heavy atom. The molecule has 0 aromatic carbocycles. The van der Waals surface area contributed by atoms with E-state index in [4.69, 9.17) is 16.6 Å². The van der Waals surface area contributed by atoms with Crippen molar-refractivity contribution in [3.8, 4) is 0 Å². The Labute approximate surface area is 106 Å². The highest BCUT2D eigenvalue weighted by Gasteiger charge is 2.15. The van der Waals surface area contributed by atoms with Gasteiger partial charge < -0.3 is 21.1 Å². The summed E-state index contributed by atoms with van der Waals surface area (Å²) in [6.07, 6.45) is 0. The van der Waals surface area contributed by atoms with E-state index in [1.54, 1.807) is 4.57 Å². The Hall–Kier alpha value is -1.58. The second kappa shape index (κ2) is 5.38. The Balaban J connectivity index is 2.59. The molecule has 2 rings (SSSR count). The number of anilines is 1. The molecule has 0 aliphatic heterocycles. The molecule has 0 unspecified atom stereocenters. The van der Waals surface area contributed by atoms with Crippen LogP contribution in [0.15, 0.2) is 9.95 Å². The molecule has 18 heavy (non-hydrogen) atoms. The van der Waals surface area contributed by atoms with Crippen molar-refractivity contribution in [2.24, 2.45) is 5.73 Å². The fourth-order valence-electron chi connectivity index (χ4n) is 1.57. The largest absolute Gasteiger partial charge is 0.395 e. The lowest BCUT2D eigenvalue weighted by atomic mass is 10.5. The number of nitrogen functional groups attached to an aromatic ring is 1. The van der Waals surface area contributed by atoms with Crippen molar-refractivity contribution >= 4 is 28.9 Å². The number of nitrogens with one attached hydrogen (secondary N) is 1. The predicted molar refractivity (Wildman–Crippen MR) is 69.4 cm³/mol. The minimum absolute atomic E-state index is 0.0296. The van der Waals surface area contributed by atoms with Crippen LogP contribution in [-0.4, -0.2) is 43.5 Å². The van der Waals surface area contributed by atoms with Crippen LogP contribution in [0, 0.1) is 0 Å². The van der Waals surface area contributed by atoms with Crippen LogP contribution in [0.4, 0.5) is 5.95 Å². The van der Waals surface area contributed by atoms with Crippen molar-refractivity contribution in [2.75, 3.05) is 24.6 Å². The summed E-state index contributed by atoms with van der Waals surface area (Å²) < 4.78 is 1.67. The van der Waals surface area contributed by atoms with Crippen LogP contribution in [0.1, 0.15) is 0 Å². The summed E-state index contributed by atoms with van der Waals surface area (Å²) >= 11 is 1.41. The number of fused-ring (bicyclic) bond motifs is 1. The minimum Gasteiger partial charge on any atom is -0.395 e. The topological polar surface area (TPSA) is 136 Å². The smallest absolute Gasteiger partial charge is 0.280 e. The highest BCUT2D eigenvalue weighted by molar-refractivity contribution is 7.99. The van der Waals surface area contributed by atoms with Crippen LogP contribution >= 0.6 is 11.8 Å². The Bertz CT molecular complexity index is 607. The third-order valence-corrected chi connectivity index (χ3v) is 3.27. The molecule has 0 saturated carbocycles. The van der Waals surface area contributed by atoms with Gasteiger partial charge in [0.25, 0.3) is 5.56 Å². The van der Waals surface area contributed by atoms with Gasteiger partial charge in [-0.15, -0.1) is 0 Å². The number of aliphatic hydroxyl groups excluding tert-OH is 1. The van der Waals surface area contributed by atoms with Crippen LogP contribution in [0.25, 0.3) is 11.2 Å². The second-order valence-corrected chi connectivity index (χ2v) is 4.59. The van der Waals surface area contributed by atoms with E-state index >= 15 is 0 Å². The number of H-pyrrole nitrogens is 1. The number of hydrogen-bond acceptors (Lipinski definition) is 7. The molecule has 0 spiro atoms. The van der Waals surface area contributed by atoms with Crippen molar-refractivity contribution in [1.29, 1.82) is 0 Å². The predicted octanol–water partition coefficient (Wildman–Crippen LogP) is -1.26. The molecule has 9 heteroatoms. The van der Waals surface area contributed by atoms with E-state index in [2.05, 4.69) is 15.0 Å². The van der Waals surface area contributed by atoms with Gasteiger partial charge >= 0.3 is 0 Å². The quantitative estimate of drug-likeness (QED) is 0.498. The van der Waals surface area contributed by atoms with Gasteiger partial charge in [0.1, 0.15) is 0 Å². The van der Waals surface area contributed by atoms with E-state index in [0.29, 0.717) is 29.6 Å². The number of nitrogens with zero attached hydrogens (tertiary/aromatic N) is 3. The summed E-state index contributed by atoms with van der Waals surface area (Å²) in [5, 5.41) is 9.66. The van der Waals surface area contributed by atoms with E-state index in [9.17, 15) is 4.79 Å². The lowest BCUT2D eigenvalue weighted by molar-refractivity contribution is 0.273. The molecule has 2 heterocycles. The zero-order valence-electron chi connectivity index (χ0n) is 9.59. The van der Waals surface area contributed by atoms with Crippen molar-refractivity contribution in [3.05, 3.63) is 10.4 Å². The van der Waals surface area contributed by atoms with Crippen LogP contribution < -0.4 is 17.0 Å². The highest BCUT2D eigenvalue weighted by atomic mass is 32.2. The number of hydrogen-bond donors (Lipinski definition) is 4. The Kier molecular flexibility index (Phi) is 3.84. The molecular formula is C9H14N6O2S. The average Bonchev–Trinajstić information content (AvgIpc) is 2.66. The second-order valence-electron chi connectivity index (χ2n) is 3.53. The summed E-state index contributed by atoms with van der Waals surface area (Å²) in [6.45, 7) is 0.730. The fourth-order valence-corrected chi connectivity index (χ4v) is 2.36. The summed E-state index contributed by atoms with van der Waals surface area (Å²) in [7, 11) is 0. The van der Waals surface area contributed by atoms with E-state index in [1.165, 1.54) is 11.8 Å². The monoisotopic (exact) mass is 270 g/mol. The molecule has 0 saturated heterocycles. The minimum atomic E-state index is -0.385. The van der Waals surface area contributed by atoms with Gasteiger partial charge in [0.05, 0.1) is 6.61 Å². The first-order valence-electron chi connectivity index (χ1n) is 5.37. The number of aromatic amines is 1. The molecule has 0 fully saturated rings. The lowest BCUT2D eigenvalue weighted by Gasteiger charge is -2.05. The van der Waals surface area contributed by atoms with Gasteiger partial charge in [0.2, 0.25) is 5.95 Å². The summed E-state index contributed by atoms with van der Waals surface area (Å²) in [5.74, 6) is 0.698. The highest BCUT2D eigenvalue weighted by Crippen LogP contribution is 2.20. The van der Waals surface area contributed by atoms with Crippen molar-refractivity contribution < 1.29 is 5.11 Å². The molecule has 0 aliphatic rings. The number of nitrogens with two attached hydrogens (primary N) is 2. The van der Waals surface area contributed by atoms with Gasteiger partial charge in [-0.25, -0.2) is 4.98 Å². The number of imidazole rings is 1. The average molecular weight is 270 g/mol. The SMILES string of the molecule is NCCSc1nc2c(=O)[nH]c(N)nc2n1CCO. The molecule has 98 valence electrons. The maximum absolute atomic E-state index is 11.7. The number of thioether (sulfide) groups is 1.